The highest BCUT2D eigenvalue weighted by molar-refractivity contribution is 6.08. The number of hydrogen-bond acceptors (Lipinski definition) is 4. The van der Waals surface area contributed by atoms with Crippen molar-refractivity contribution in [3.8, 4) is 28.2 Å². The number of carbonyl (C=O) groups is 1. The molecule has 0 bridgehead atoms. The van der Waals surface area contributed by atoms with Gasteiger partial charge in [-0.25, -0.2) is 9.37 Å². The Bertz CT molecular complexity index is 1410. The van der Waals surface area contributed by atoms with E-state index in [2.05, 4.69) is 49.3 Å². The second-order valence-corrected chi connectivity index (χ2v) is 8.37. The van der Waals surface area contributed by atoms with Crippen LogP contribution < -0.4 is 19.6 Å². The third-order valence-electron chi connectivity index (χ3n) is 6.66. The van der Waals surface area contributed by atoms with Gasteiger partial charge in [-0.1, -0.05) is 18.2 Å². The number of benzene rings is 3. The number of anilines is 1. The van der Waals surface area contributed by atoms with Crippen LogP contribution in [-0.4, -0.2) is 44.4 Å². The molecule has 0 atom stereocenters. The van der Waals surface area contributed by atoms with Crippen LogP contribution in [0, 0.1) is 0 Å². The fourth-order valence-corrected chi connectivity index (χ4v) is 4.83. The zero-order chi connectivity index (χ0) is 25.1. The molecule has 1 heterocycles. The fourth-order valence-electron chi connectivity index (χ4n) is 4.83. The summed E-state index contributed by atoms with van der Waals surface area (Å²) in [5.74, 6) is 0.478. The van der Waals surface area contributed by atoms with Crippen LogP contribution in [0.15, 0.2) is 59.0 Å². The normalized spacial score (nSPS) is 11.1. The Hall–Kier alpha value is -3.80. The van der Waals surface area contributed by atoms with Crippen LogP contribution in [0.25, 0.3) is 33.4 Å². The second kappa shape index (κ2) is 10.2. The Morgan fingerprint density at radius 3 is 2.31 bits per heavy atom. The first-order valence-corrected chi connectivity index (χ1v) is 12.2. The Labute approximate surface area is 206 Å². The molecular formula is C29H33N2O4+. The first-order chi connectivity index (χ1) is 17.0. The molecule has 35 heavy (non-hydrogen) atoms. The van der Waals surface area contributed by atoms with Crippen molar-refractivity contribution in [2.24, 2.45) is 0 Å². The average Bonchev–Trinajstić information content (AvgIpc) is 2.88. The number of methoxy groups -OCH3 is 1. The van der Waals surface area contributed by atoms with E-state index >= 15 is 0 Å². The highest BCUT2D eigenvalue weighted by Crippen LogP contribution is 2.44. The van der Waals surface area contributed by atoms with Gasteiger partial charge in [0, 0.05) is 41.7 Å². The van der Waals surface area contributed by atoms with E-state index in [4.69, 9.17) is 9.15 Å². The van der Waals surface area contributed by atoms with Crippen molar-refractivity contribution < 1.29 is 19.1 Å². The third-order valence-corrected chi connectivity index (χ3v) is 6.66. The van der Waals surface area contributed by atoms with Crippen molar-refractivity contribution in [2.45, 2.75) is 27.7 Å². The first kappa shape index (κ1) is 24.3. The van der Waals surface area contributed by atoms with Gasteiger partial charge in [-0.05, 0) is 51.5 Å². The number of ether oxygens (including phenoxy) is 1. The molecule has 6 nitrogen and oxygen atoms in total. The van der Waals surface area contributed by atoms with E-state index in [1.165, 1.54) is 0 Å². The second-order valence-electron chi connectivity index (χ2n) is 8.37. The summed E-state index contributed by atoms with van der Waals surface area (Å²) in [6.45, 7) is 11.9. The lowest BCUT2D eigenvalue weighted by molar-refractivity contribution is 0.0697. The lowest BCUT2D eigenvalue weighted by Crippen LogP contribution is -2.29. The maximum atomic E-state index is 12.2. The maximum absolute atomic E-state index is 12.2. The monoisotopic (exact) mass is 473 g/mol. The number of nitrogens with zero attached hydrogens (tertiary/aromatic N) is 2. The van der Waals surface area contributed by atoms with E-state index in [9.17, 15) is 9.90 Å². The molecule has 4 rings (SSSR count). The summed E-state index contributed by atoms with van der Waals surface area (Å²) >= 11 is 0. The molecule has 0 saturated carbocycles. The Morgan fingerprint density at radius 1 is 0.971 bits per heavy atom. The maximum Gasteiger partial charge on any atom is 0.336 e. The molecule has 2 aromatic rings. The first-order valence-electron chi connectivity index (χ1n) is 12.2. The van der Waals surface area contributed by atoms with Gasteiger partial charge in [0.1, 0.15) is 30.2 Å². The number of aromatic carboxylic acids is 1. The Kier molecular flexibility index (Phi) is 7.10. The minimum Gasteiger partial charge on any atom is -0.495 e. The van der Waals surface area contributed by atoms with Gasteiger partial charge in [0.2, 0.25) is 5.36 Å². The van der Waals surface area contributed by atoms with Gasteiger partial charge in [0.15, 0.2) is 0 Å². The zero-order valence-corrected chi connectivity index (χ0v) is 21.1. The number of carboxylic acid groups (broad SMARTS) is 1. The summed E-state index contributed by atoms with van der Waals surface area (Å²) in [5.41, 5.74) is 4.23. The van der Waals surface area contributed by atoms with Gasteiger partial charge in [-0.2, -0.15) is 0 Å². The molecule has 182 valence electrons. The van der Waals surface area contributed by atoms with Crippen molar-refractivity contribution in [1.82, 2.24) is 4.58 Å². The molecule has 2 aromatic carbocycles. The highest BCUT2D eigenvalue weighted by Gasteiger charge is 2.24. The van der Waals surface area contributed by atoms with Gasteiger partial charge >= 0.3 is 5.97 Å². The van der Waals surface area contributed by atoms with Crippen molar-refractivity contribution in [3.63, 3.8) is 0 Å². The van der Waals surface area contributed by atoms with Crippen LogP contribution in [0.4, 0.5) is 5.69 Å². The third kappa shape index (κ3) is 4.36. The summed E-state index contributed by atoms with van der Waals surface area (Å²) in [6, 6.07) is 17.3. The van der Waals surface area contributed by atoms with E-state index in [-0.39, 0.29) is 5.56 Å². The molecule has 0 unspecified atom stereocenters. The molecule has 0 radical (unpaired) electrons. The number of hydrogen-bond donors (Lipinski definition) is 1. The molecule has 0 amide bonds. The molecule has 0 saturated heterocycles. The number of fused-ring (bicyclic) bond motifs is 2. The van der Waals surface area contributed by atoms with Crippen LogP contribution in [0.5, 0.6) is 5.75 Å². The van der Waals surface area contributed by atoms with Gasteiger partial charge in [0.05, 0.1) is 24.4 Å². The summed E-state index contributed by atoms with van der Waals surface area (Å²) < 4.78 is 14.6. The van der Waals surface area contributed by atoms with Crippen molar-refractivity contribution in [1.29, 1.82) is 0 Å². The number of rotatable bonds is 8. The fraction of sp³-hybridized carbons (Fsp3) is 0.310. The van der Waals surface area contributed by atoms with Gasteiger partial charge in [-0.15, -0.1) is 0 Å². The summed E-state index contributed by atoms with van der Waals surface area (Å²) in [6.07, 6.45) is 0. The minimum atomic E-state index is -0.964. The summed E-state index contributed by atoms with van der Waals surface area (Å²) in [5, 5.41) is 11.9. The number of carboxylic acids is 1. The van der Waals surface area contributed by atoms with Crippen molar-refractivity contribution in [2.75, 3.05) is 38.2 Å². The molecule has 0 aromatic heterocycles. The standard InChI is InChI=1S/C29H32N2O4/c1-6-30(7-2)19-14-15-22-25(16-19)35-26-18-24(31(8-3)9-4)27(34-5)17-23(26)28(22)20-12-10-11-13-21(20)29(32)33/h10-18H,6-9H2,1-5H3/p+1. The van der Waals surface area contributed by atoms with Crippen LogP contribution in [-0.2, 0) is 0 Å². The topological polar surface area (TPSA) is 65.9 Å². The van der Waals surface area contributed by atoms with Crippen LogP contribution in [0.1, 0.15) is 38.1 Å². The SMILES string of the molecule is CCN(CC)c1cc2oc3cc(=[N+](CC)CC)ccc-3c(-c3ccccc3C(=O)O)c2cc1OC. The van der Waals surface area contributed by atoms with Gasteiger partial charge in [-0.3, -0.25) is 0 Å². The largest absolute Gasteiger partial charge is 0.495 e. The highest BCUT2D eigenvalue weighted by atomic mass is 16.5. The zero-order valence-electron chi connectivity index (χ0n) is 21.1. The lowest BCUT2D eigenvalue weighted by Gasteiger charge is -2.25. The van der Waals surface area contributed by atoms with Crippen molar-refractivity contribution in [3.05, 3.63) is 65.5 Å². The average molecular weight is 474 g/mol. The molecule has 6 heteroatoms. The van der Waals surface area contributed by atoms with E-state index < -0.39 is 5.97 Å². The smallest absolute Gasteiger partial charge is 0.336 e. The predicted molar refractivity (Wildman–Crippen MR) is 142 cm³/mol. The predicted octanol–water partition coefficient (Wildman–Crippen LogP) is 5.57. The van der Waals surface area contributed by atoms with Gasteiger partial charge in [0.25, 0.3) is 0 Å². The molecule has 1 aliphatic carbocycles. The quantitative estimate of drug-likeness (QED) is 0.268. The lowest BCUT2D eigenvalue weighted by atomic mass is 9.90. The molecule has 0 fully saturated rings. The van der Waals surface area contributed by atoms with E-state index in [0.717, 1.165) is 59.5 Å². The molecule has 1 aliphatic heterocycles. The Balaban J connectivity index is 2.19. The van der Waals surface area contributed by atoms with E-state index in [0.29, 0.717) is 16.9 Å². The van der Waals surface area contributed by atoms with Crippen LogP contribution in [0.3, 0.4) is 0 Å². The molecular weight excluding hydrogens is 440 g/mol. The minimum absolute atomic E-state index is 0.251. The molecule has 2 aliphatic rings. The van der Waals surface area contributed by atoms with Crippen LogP contribution >= 0.6 is 0 Å². The summed E-state index contributed by atoms with van der Waals surface area (Å²) in [4.78, 5) is 14.4. The van der Waals surface area contributed by atoms with E-state index in [1.54, 1.807) is 19.2 Å². The molecule has 0 spiro atoms. The summed E-state index contributed by atoms with van der Waals surface area (Å²) in [7, 11) is 1.66. The van der Waals surface area contributed by atoms with Gasteiger partial charge < -0.3 is 19.2 Å². The van der Waals surface area contributed by atoms with E-state index in [1.807, 2.05) is 30.3 Å². The van der Waals surface area contributed by atoms with Crippen LogP contribution in [0.2, 0.25) is 0 Å². The molecule has 1 N–H and O–H groups in total. The van der Waals surface area contributed by atoms with Crippen molar-refractivity contribution >= 4 is 22.6 Å². The Morgan fingerprint density at radius 2 is 1.69 bits per heavy atom.